The van der Waals surface area contributed by atoms with E-state index in [1.807, 2.05) is 11.6 Å². The first-order valence-electron chi connectivity index (χ1n) is 6.59. The lowest BCUT2D eigenvalue weighted by molar-refractivity contribution is 0.0810. The Morgan fingerprint density at radius 1 is 1.61 bits per heavy atom. The van der Waals surface area contributed by atoms with Crippen LogP contribution >= 0.6 is 11.6 Å². The quantitative estimate of drug-likeness (QED) is 0.894. The molecule has 0 aliphatic carbocycles. The van der Waals surface area contributed by atoms with Crippen LogP contribution in [0.3, 0.4) is 0 Å². The Hall–Kier alpha value is -0.580. The zero-order valence-corrected chi connectivity index (χ0v) is 12.1. The number of nitrogens with one attached hydrogen (secondary N) is 1. The summed E-state index contributed by atoms with van der Waals surface area (Å²) in [6.07, 6.45) is 2.85. The molecule has 1 aliphatic heterocycles. The Bertz CT molecular complexity index is 392. The highest BCUT2D eigenvalue weighted by Crippen LogP contribution is 2.34. The third-order valence-corrected chi connectivity index (χ3v) is 3.75. The molecule has 4 nitrogen and oxygen atoms in total. The van der Waals surface area contributed by atoms with Crippen molar-refractivity contribution in [3.05, 3.63) is 17.2 Å². The van der Waals surface area contributed by atoms with Gasteiger partial charge in [0.25, 0.3) is 0 Å². The number of ether oxygens (including phenoxy) is 1. The van der Waals surface area contributed by atoms with Gasteiger partial charge >= 0.3 is 0 Å². The van der Waals surface area contributed by atoms with Gasteiger partial charge in [0.1, 0.15) is 17.1 Å². The molecule has 0 spiro atoms. The largest absolute Gasteiger partial charge is 0.370 e. The van der Waals surface area contributed by atoms with Gasteiger partial charge in [0.15, 0.2) is 0 Å². The molecule has 0 radical (unpaired) electrons. The maximum atomic E-state index is 6.03. The van der Waals surface area contributed by atoms with Gasteiger partial charge in [0.2, 0.25) is 0 Å². The fraction of sp³-hybridized carbons (Fsp3) is 0.769. The summed E-state index contributed by atoms with van der Waals surface area (Å²) in [7, 11) is 1.94. The van der Waals surface area contributed by atoms with Gasteiger partial charge in [-0.05, 0) is 18.9 Å². The van der Waals surface area contributed by atoms with Gasteiger partial charge in [0.05, 0.1) is 6.20 Å². The molecule has 1 saturated heterocycles. The number of nitrogens with zero attached hydrogens (tertiary/aromatic N) is 2. The van der Waals surface area contributed by atoms with Crippen LogP contribution in [0.4, 0.5) is 0 Å². The standard InChI is InChI=1S/C13H22ClN3O/c1-9(2)6-15-7-10-4-5-18-12(10)13-16-8-11(14)17(13)3/h8-10,12,15H,4-7H2,1-3H3. The predicted octanol–water partition coefficient (Wildman–Crippen LogP) is 2.40. The summed E-state index contributed by atoms with van der Waals surface area (Å²) in [4.78, 5) is 4.37. The Morgan fingerprint density at radius 2 is 2.39 bits per heavy atom. The summed E-state index contributed by atoms with van der Waals surface area (Å²) >= 11 is 6.03. The lowest BCUT2D eigenvalue weighted by atomic mass is 10.0. The summed E-state index contributed by atoms with van der Waals surface area (Å²) in [5, 5.41) is 4.16. The van der Waals surface area contributed by atoms with Crippen LogP contribution in [-0.4, -0.2) is 29.2 Å². The fourth-order valence-electron chi connectivity index (χ4n) is 2.35. The number of imidazole rings is 1. The highest BCUT2D eigenvalue weighted by molar-refractivity contribution is 6.29. The molecule has 1 aliphatic rings. The molecule has 1 fully saturated rings. The van der Waals surface area contributed by atoms with Gasteiger partial charge in [-0.2, -0.15) is 0 Å². The highest BCUT2D eigenvalue weighted by atomic mass is 35.5. The molecular formula is C13H22ClN3O. The average molecular weight is 272 g/mol. The molecule has 0 aromatic carbocycles. The molecule has 0 bridgehead atoms. The molecule has 1 N–H and O–H groups in total. The third kappa shape index (κ3) is 3.05. The minimum atomic E-state index is 0.0714. The smallest absolute Gasteiger partial charge is 0.139 e. The van der Waals surface area contributed by atoms with Crippen LogP contribution in [0.15, 0.2) is 6.20 Å². The summed E-state index contributed by atoms with van der Waals surface area (Å²) in [5.74, 6) is 2.10. The van der Waals surface area contributed by atoms with E-state index >= 15 is 0 Å². The van der Waals surface area contributed by atoms with Crippen molar-refractivity contribution in [2.24, 2.45) is 18.9 Å². The van der Waals surface area contributed by atoms with Crippen molar-refractivity contribution in [3.63, 3.8) is 0 Å². The predicted molar refractivity (Wildman–Crippen MR) is 72.7 cm³/mol. The maximum absolute atomic E-state index is 6.03. The molecule has 2 unspecified atom stereocenters. The molecule has 0 amide bonds. The maximum Gasteiger partial charge on any atom is 0.139 e. The van der Waals surface area contributed by atoms with Crippen molar-refractivity contribution in [1.82, 2.24) is 14.9 Å². The van der Waals surface area contributed by atoms with E-state index in [4.69, 9.17) is 16.3 Å². The topological polar surface area (TPSA) is 39.1 Å². The minimum absolute atomic E-state index is 0.0714. The van der Waals surface area contributed by atoms with Gasteiger partial charge < -0.3 is 14.6 Å². The van der Waals surface area contributed by atoms with Crippen molar-refractivity contribution in [2.75, 3.05) is 19.7 Å². The van der Waals surface area contributed by atoms with Crippen molar-refractivity contribution >= 4 is 11.6 Å². The van der Waals surface area contributed by atoms with E-state index in [1.54, 1.807) is 6.20 Å². The molecule has 2 atom stereocenters. The number of rotatable bonds is 5. The summed E-state index contributed by atoms with van der Waals surface area (Å²) in [6, 6.07) is 0. The molecule has 18 heavy (non-hydrogen) atoms. The lowest BCUT2D eigenvalue weighted by Crippen LogP contribution is -2.28. The molecule has 0 saturated carbocycles. The van der Waals surface area contributed by atoms with Crippen molar-refractivity contribution in [3.8, 4) is 0 Å². The van der Waals surface area contributed by atoms with Crippen molar-refractivity contribution in [1.29, 1.82) is 0 Å². The molecule has 1 aromatic rings. The first kappa shape index (κ1) is 13.8. The lowest BCUT2D eigenvalue weighted by Gasteiger charge is -2.19. The number of hydrogen-bond acceptors (Lipinski definition) is 3. The second kappa shape index (κ2) is 6.04. The Morgan fingerprint density at radius 3 is 3.00 bits per heavy atom. The van der Waals surface area contributed by atoms with Crippen LogP contribution in [0.1, 0.15) is 32.2 Å². The Kier molecular flexibility index (Phi) is 4.65. The zero-order chi connectivity index (χ0) is 13.1. The molecule has 2 rings (SSSR count). The van der Waals surface area contributed by atoms with Gasteiger partial charge in [-0.15, -0.1) is 0 Å². The molecular weight excluding hydrogens is 250 g/mol. The van der Waals surface area contributed by atoms with Crippen LogP contribution in [0.25, 0.3) is 0 Å². The Labute approximate surface area is 114 Å². The molecule has 102 valence electrons. The van der Waals surface area contributed by atoms with Gasteiger partial charge in [0, 0.05) is 26.1 Å². The van der Waals surface area contributed by atoms with Gasteiger partial charge in [-0.1, -0.05) is 25.4 Å². The van der Waals surface area contributed by atoms with E-state index in [-0.39, 0.29) is 6.10 Å². The third-order valence-electron chi connectivity index (χ3n) is 3.40. The normalized spacial score (nSPS) is 24.1. The van der Waals surface area contributed by atoms with Gasteiger partial charge in [-0.25, -0.2) is 4.98 Å². The van der Waals surface area contributed by atoms with Crippen molar-refractivity contribution < 1.29 is 4.74 Å². The van der Waals surface area contributed by atoms with Gasteiger partial charge in [-0.3, -0.25) is 0 Å². The van der Waals surface area contributed by atoms with E-state index in [9.17, 15) is 0 Å². The molecule has 1 aromatic heterocycles. The van der Waals surface area contributed by atoms with E-state index < -0.39 is 0 Å². The summed E-state index contributed by atoms with van der Waals surface area (Å²) < 4.78 is 7.73. The van der Waals surface area contributed by atoms with Crippen molar-refractivity contribution in [2.45, 2.75) is 26.4 Å². The van der Waals surface area contributed by atoms with Crippen LogP contribution in [-0.2, 0) is 11.8 Å². The average Bonchev–Trinajstić information content (AvgIpc) is 2.88. The molecule has 2 heterocycles. The number of halogens is 1. The van der Waals surface area contributed by atoms with Crippen LogP contribution in [0, 0.1) is 11.8 Å². The second-order valence-corrected chi connectivity index (χ2v) is 5.78. The zero-order valence-electron chi connectivity index (χ0n) is 11.3. The summed E-state index contributed by atoms with van der Waals surface area (Å²) in [6.45, 7) is 7.27. The Balaban J connectivity index is 1.97. The first-order valence-corrected chi connectivity index (χ1v) is 6.96. The number of hydrogen-bond donors (Lipinski definition) is 1. The fourth-order valence-corrected chi connectivity index (χ4v) is 2.49. The van der Waals surface area contributed by atoms with Crippen LogP contribution < -0.4 is 5.32 Å². The van der Waals surface area contributed by atoms with E-state index in [2.05, 4.69) is 24.1 Å². The van der Waals surface area contributed by atoms with E-state index in [0.29, 0.717) is 17.0 Å². The van der Waals surface area contributed by atoms with E-state index in [1.165, 1.54) is 0 Å². The number of aromatic nitrogens is 2. The molecule has 5 heteroatoms. The minimum Gasteiger partial charge on any atom is -0.370 e. The monoisotopic (exact) mass is 271 g/mol. The SMILES string of the molecule is CC(C)CNCC1CCOC1c1ncc(Cl)n1C. The van der Waals surface area contributed by atoms with Crippen LogP contribution in [0.5, 0.6) is 0 Å². The first-order chi connectivity index (χ1) is 8.59. The highest BCUT2D eigenvalue weighted by Gasteiger charge is 2.32. The van der Waals surface area contributed by atoms with Crippen LogP contribution in [0.2, 0.25) is 5.15 Å². The summed E-state index contributed by atoms with van der Waals surface area (Å²) in [5.41, 5.74) is 0. The van der Waals surface area contributed by atoms with E-state index in [0.717, 1.165) is 31.9 Å². The second-order valence-electron chi connectivity index (χ2n) is 5.39.